The van der Waals surface area contributed by atoms with Gasteiger partial charge in [-0.3, -0.25) is 19.7 Å². The van der Waals surface area contributed by atoms with Gasteiger partial charge in [0, 0.05) is 6.54 Å². The van der Waals surface area contributed by atoms with E-state index in [9.17, 15) is 19.7 Å². The van der Waals surface area contributed by atoms with Gasteiger partial charge < -0.3 is 24.1 Å². The molecule has 0 spiro atoms. The van der Waals surface area contributed by atoms with E-state index in [0.717, 1.165) is 6.33 Å². The maximum Gasteiger partial charge on any atom is 0.353 e. The van der Waals surface area contributed by atoms with Crippen molar-refractivity contribution in [1.29, 1.82) is 0 Å². The largest absolute Gasteiger partial charge is 0.468 e. The van der Waals surface area contributed by atoms with E-state index in [2.05, 4.69) is 20.0 Å². The average molecular weight is 407 g/mol. The zero-order valence-electron chi connectivity index (χ0n) is 16.0. The molecule has 0 aliphatic rings. The van der Waals surface area contributed by atoms with E-state index >= 15 is 0 Å². The molecule has 156 valence electrons. The first-order chi connectivity index (χ1) is 14.0. The first kappa shape index (κ1) is 21.6. The molecule has 0 aliphatic heterocycles. The number of esters is 2. The standard InChI is InChI=1S/C17H21N5O7/c1-3-28-13(23)6-7-21(10-12-5-4-8-29-12)17-15(22(25)26)16(19-11-20-17)18-9-14(24)27-2/h4-5,8,11H,3,6-7,9-10H2,1-2H3,(H,18,19,20). The van der Waals surface area contributed by atoms with Gasteiger partial charge in [-0.25, -0.2) is 9.97 Å². The number of ether oxygens (including phenoxy) is 2. The molecule has 12 heteroatoms. The zero-order valence-corrected chi connectivity index (χ0v) is 16.0. The van der Waals surface area contributed by atoms with Crippen LogP contribution < -0.4 is 10.2 Å². The lowest BCUT2D eigenvalue weighted by Crippen LogP contribution is -2.28. The summed E-state index contributed by atoms with van der Waals surface area (Å²) < 4.78 is 14.8. The van der Waals surface area contributed by atoms with E-state index in [1.165, 1.54) is 18.3 Å². The van der Waals surface area contributed by atoms with E-state index in [-0.39, 0.29) is 44.3 Å². The van der Waals surface area contributed by atoms with E-state index < -0.39 is 22.5 Å². The number of nitrogens with zero attached hydrogens (tertiary/aromatic N) is 4. The molecule has 12 nitrogen and oxygen atoms in total. The molecule has 0 amide bonds. The molecule has 0 saturated heterocycles. The number of furan rings is 1. The molecule has 0 unspecified atom stereocenters. The summed E-state index contributed by atoms with van der Waals surface area (Å²) in [7, 11) is 1.20. The van der Waals surface area contributed by atoms with Crippen LogP contribution in [0.4, 0.5) is 17.3 Å². The molecule has 1 N–H and O–H groups in total. The molecule has 0 bridgehead atoms. The molecule has 2 rings (SSSR count). The number of rotatable bonds is 11. The SMILES string of the molecule is CCOC(=O)CCN(Cc1ccco1)c1ncnc(NCC(=O)OC)c1[N+](=O)[O-]. The van der Waals surface area contributed by atoms with Crippen LogP contribution in [0, 0.1) is 10.1 Å². The number of hydrogen-bond acceptors (Lipinski definition) is 11. The number of anilines is 2. The number of nitro groups is 1. The van der Waals surface area contributed by atoms with Gasteiger partial charge in [0.2, 0.25) is 11.6 Å². The topological polar surface area (TPSA) is 150 Å². The molecule has 0 saturated carbocycles. The van der Waals surface area contributed by atoms with Gasteiger partial charge in [-0.05, 0) is 19.1 Å². The Labute approximate surface area is 166 Å². The summed E-state index contributed by atoms with van der Waals surface area (Å²) in [6.45, 7) is 1.82. The summed E-state index contributed by atoms with van der Waals surface area (Å²) in [5, 5.41) is 14.3. The Morgan fingerprint density at radius 3 is 2.76 bits per heavy atom. The second kappa shape index (κ2) is 10.6. The number of carbonyl (C=O) groups excluding carboxylic acids is 2. The van der Waals surface area contributed by atoms with E-state index in [0.29, 0.717) is 5.76 Å². The molecular weight excluding hydrogens is 386 g/mol. The highest BCUT2D eigenvalue weighted by Crippen LogP contribution is 2.32. The monoisotopic (exact) mass is 407 g/mol. The quantitative estimate of drug-likeness (QED) is 0.328. The number of methoxy groups -OCH3 is 1. The predicted octanol–water partition coefficient (Wildman–Crippen LogP) is 1.52. The zero-order chi connectivity index (χ0) is 21.2. The highest BCUT2D eigenvalue weighted by atomic mass is 16.6. The van der Waals surface area contributed by atoms with Gasteiger partial charge in [-0.15, -0.1) is 0 Å². The van der Waals surface area contributed by atoms with Crippen molar-refractivity contribution in [3.8, 4) is 0 Å². The predicted molar refractivity (Wildman–Crippen MR) is 100 cm³/mol. The van der Waals surface area contributed by atoms with Crippen molar-refractivity contribution in [3.05, 3.63) is 40.6 Å². The number of nitrogens with one attached hydrogen (secondary N) is 1. The van der Waals surface area contributed by atoms with Gasteiger partial charge in [0.05, 0.1) is 37.9 Å². The van der Waals surface area contributed by atoms with Crippen LogP contribution >= 0.6 is 0 Å². The van der Waals surface area contributed by atoms with Crippen LogP contribution in [0.1, 0.15) is 19.1 Å². The number of aromatic nitrogens is 2. The van der Waals surface area contributed by atoms with E-state index in [1.807, 2.05) is 0 Å². The van der Waals surface area contributed by atoms with Crippen molar-refractivity contribution in [1.82, 2.24) is 9.97 Å². The number of carbonyl (C=O) groups is 2. The Balaban J connectivity index is 2.35. The molecule has 0 aliphatic carbocycles. The summed E-state index contributed by atoms with van der Waals surface area (Å²) in [4.78, 5) is 43.6. The molecule has 0 fully saturated rings. The fourth-order valence-electron chi connectivity index (χ4n) is 2.44. The van der Waals surface area contributed by atoms with E-state index in [1.54, 1.807) is 19.1 Å². The molecule has 2 heterocycles. The minimum Gasteiger partial charge on any atom is -0.468 e. The second-order valence-electron chi connectivity index (χ2n) is 5.64. The fraction of sp³-hybridized carbons (Fsp3) is 0.412. The summed E-state index contributed by atoms with van der Waals surface area (Å²) in [5.41, 5.74) is -0.438. The first-order valence-electron chi connectivity index (χ1n) is 8.69. The van der Waals surface area contributed by atoms with E-state index in [4.69, 9.17) is 9.15 Å². The maximum atomic E-state index is 11.8. The van der Waals surface area contributed by atoms with Crippen LogP contribution in [-0.4, -0.2) is 53.6 Å². The van der Waals surface area contributed by atoms with Crippen molar-refractivity contribution in [3.63, 3.8) is 0 Å². The Kier molecular flexibility index (Phi) is 7.88. The van der Waals surface area contributed by atoms with Gasteiger partial charge in [0.15, 0.2) is 0 Å². The summed E-state index contributed by atoms with van der Waals surface area (Å²) in [6, 6.07) is 3.37. The molecular formula is C17H21N5O7. The Morgan fingerprint density at radius 2 is 2.14 bits per heavy atom. The van der Waals surface area contributed by atoms with Gasteiger partial charge in [0.1, 0.15) is 18.6 Å². The average Bonchev–Trinajstić information content (AvgIpc) is 3.22. The van der Waals surface area contributed by atoms with Crippen LogP contribution in [0.2, 0.25) is 0 Å². The summed E-state index contributed by atoms with van der Waals surface area (Å²) in [5.74, 6) is -0.721. The summed E-state index contributed by atoms with van der Waals surface area (Å²) in [6.07, 6.45) is 2.58. The number of hydrogen-bond donors (Lipinski definition) is 1. The van der Waals surface area contributed by atoms with Crippen molar-refractivity contribution in [2.24, 2.45) is 0 Å². The van der Waals surface area contributed by atoms with Crippen molar-refractivity contribution < 1.29 is 28.4 Å². The third kappa shape index (κ3) is 6.16. The molecule has 0 aromatic carbocycles. The van der Waals surface area contributed by atoms with Crippen LogP contribution in [0.3, 0.4) is 0 Å². The second-order valence-corrected chi connectivity index (χ2v) is 5.64. The van der Waals surface area contributed by atoms with Gasteiger partial charge in [-0.2, -0.15) is 0 Å². The van der Waals surface area contributed by atoms with Crippen molar-refractivity contribution >= 4 is 29.3 Å². The minimum atomic E-state index is -0.658. The van der Waals surface area contributed by atoms with Crippen LogP contribution in [0.25, 0.3) is 0 Å². The highest BCUT2D eigenvalue weighted by molar-refractivity contribution is 5.78. The van der Waals surface area contributed by atoms with Crippen molar-refractivity contribution in [2.45, 2.75) is 19.9 Å². The van der Waals surface area contributed by atoms with Crippen LogP contribution in [0.5, 0.6) is 0 Å². The molecule has 29 heavy (non-hydrogen) atoms. The maximum absolute atomic E-state index is 11.8. The van der Waals surface area contributed by atoms with Crippen LogP contribution in [0.15, 0.2) is 29.1 Å². The molecule has 0 radical (unpaired) electrons. The molecule has 0 atom stereocenters. The molecule has 2 aromatic heterocycles. The Morgan fingerprint density at radius 1 is 1.34 bits per heavy atom. The smallest absolute Gasteiger partial charge is 0.353 e. The third-order valence-electron chi connectivity index (χ3n) is 3.73. The fourth-order valence-corrected chi connectivity index (χ4v) is 2.44. The lowest BCUT2D eigenvalue weighted by atomic mass is 10.3. The van der Waals surface area contributed by atoms with Gasteiger partial charge >= 0.3 is 17.6 Å². The van der Waals surface area contributed by atoms with Crippen LogP contribution in [-0.2, 0) is 25.6 Å². The highest BCUT2D eigenvalue weighted by Gasteiger charge is 2.28. The first-order valence-corrected chi connectivity index (χ1v) is 8.69. The minimum absolute atomic E-state index is 0.0133. The lowest BCUT2D eigenvalue weighted by molar-refractivity contribution is -0.383. The Bertz CT molecular complexity index is 841. The van der Waals surface area contributed by atoms with Crippen molar-refractivity contribution in [2.75, 3.05) is 37.0 Å². The summed E-state index contributed by atoms with van der Waals surface area (Å²) >= 11 is 0. The normalized spacial score (nSPS) is 10.3. The van der Waals surface area contributed by atoms with Gasteiger partial charge in [0.25, 0.3) is 0 Å². The molecule has 2 aromatic rings. The lowest BCUT2D eigenvalue weighted by Gasteiger charge is -2.22. The van der Waals surface area contributed by atoms with Gasteiger partial charge in [-0.1, -0.05) is 0 Å². The Hall–Kier alpha value is -3.70. The third-order valence-corrected chi connectivity index (χ3v) is 3.73.